The molecule has 0 fully saturated rings. The van der Waals surface area contributed by atoms with Crippen molar-refractivity contribution in [1.29, 1.82) is 0 Å². The Labute approximate surface area is 82.9 Å². The summed E-state index contributed by atoms with van der Waals surface area (Å²) in [5.41, 5.74) is 5.80. The van der Waals surface area contributed by atoms with Crippen molar-refractivity contribution in [3.05, 3.63) is 42.0 Å². The number of nitrogens with two attached hydrogens (primary N) is 1. The maximum Gasteiger partial charge on any atom is 0.194 e. The Kier molecular flexibility index (Phi) is 2.11. The number of hydrogen-bond acceptors (Lipinski definition) is 2. The first-order chi connectivity index (χ1) is 7.08. The molecule has 2 N–H and O–H groups in total. The maximum absolute atomic E-state index is 12.8. The molecule has 0 spiro atoms. The fraction of sp³-hybridized carbons (Fsp3) is 0. The van der Waals surface area contributed by atoms with Gasteiger partial charge in [0.25, 0.3) is 0 Å². The third kappa shape index (κ3) is 1.65. The topological polar surface area (TPSA) is 43.8 Å². The molecule has 78 valence electrons. The third-order valence-corrected chi connectivity index (χ3v) is 1.84. The van der Waals surface area contributed by atoms with Crippen molar-refractivity contribution in [2.45, 2.75) is 0 Å². The summed E-state index contributed by atoms with van der Waals surface area (Å²) in [7, 11) is 0. The molecule has 3 nitrogen and oxygen atoms in total. The number of rotatable bonds is 1. The highest BCUT2D eigenvalue weighted by Crippen LogP contribution is 2.17. The van der Waals surface area contributed by atoms with Crippen molar-refractivity contribution >= 4 is 5.69 Å². The lowest BCUT2D eigenvalue weighted by Gasteiger charge is -2.02. The van der Waals surface area contributed by atoms with Gasteiger partial charge in [0.05, 0.1) is 23.8 Å². The minimum atomic E-state index is -1.50. The van der Waals surface area contributed by atoms with E-state index in [2.05, 4.69) is 5.10 Å². The number of halogens is 3. The van der Waals surface area contributed by atoms with Crippen LogP contribution in [0.25, 0.3) is 5.69 Å². The first-order valence-corrected chi connectivity index (χ1v) is 4.03. The molecule has 1 heterocycles. The van der Waals surface area contributed by atoms with Gasteiger partial charge >= 0.3 is 0 Å². The summed E-state index contributed by atoms with van der Waals surface area (Å²) in [6, 6.07) is 1.68. The molecule has 2 aromatic rings. The lowest BCUT2D eigenvalue weighted by atomic mass is 10.3. The molecule has 1 aromatic heterocycles. The van der Waals surface area contributed by atoms with Gasteiger partial charge < -0.3 is 5.73 Å². The molecular weight excluding hydrogens is 207 g/mol. The van der Waals surface area contributed by atoms with Crippen LogP contribution in [0.2, 0.25) is 0 Å². The molecule has 0 aliphatic heterocycles. The predicted molar refractivity (Wildman–Crippen MR) is 47.9 cm³/mol. The standard InChI is InChI=1S/C9H6F3N3/c10-7-1-6(2-8(11)9(7)12)15-4-5(13)3-14-15/h1-4H,13H2. The molecule has 0 unspecified atom stereocenters. The molecule has 0 bridgehead atoms. The molecular formula is C9H6F3N3. The fourth-order valence-corrected chi connectivity index (χ4v) is 1.15. The number of nitrogens with zero attached hydrogens (tertiary/aromatic N) is 2. The van der Waals surface area contributed by atoms with Crippen LogP contribution in [-0.4, -0.2) is 9.78 Å². The second-order valence-electron chi connectivity index (χ2n) is 2.94. The minimum Gasteiger partial charge on any atom is -0.396 e. The highest BCUT2D eigenvalue weighted by Gasteiger charge is 2.11. The lowest BCUT2D eigenvalue weighted by Crippen LogP contribution is -1.99. The van der Waals surface area contributed by atoms with Crippen molar-refractivity contribution in [2.24, 2.45) is 0 Å². The predicted octanol–water partition coefficient (Wildman–Crippen LogP) is 1.87. The van der Waals surface area contributed by atoms with Gasteiger partial charge in [0, 0.05) is 12.1 Å². The maximum atomic E-state index is 12.8. The van der Waals surface area contributed by atoms with Crippen LogP contribution < -0.4 is 5.73 Å². The number of benzene rings is 1. The van der Waals surface area contributed by atoms with Crippen molar-refractivity contribution in [1.82, 2.24) is 9.78 Å². The van der Waals surface area contributed by atoms with Crippen LogP contribution in [0, 0.1) is 17.5 Å². The highest BCUT2D eigenvalue weighted by atomic mass is 19.2. The molecule has 0 saturated carbocycles. The molecule has 0 saturated heterocycles. The Bertz CT molecular complexity index is 484. The van der Waals surface area contributed by atoms with E-state index >= 15 is 0 Å². The zero-order chi connectivity index (χ0) is 11.0. The van der Waals surface area contributed by atoms with Crippen molar-refractivity contribution in [3.8, 4) is 5.69 Å². The summed E-state index contributed by atoms with van der Waals surface area (Å²) in [6.07, 6.45) is 2.69. The fourth-order valence-electron chi connectivity index (χ4n) is 1.15. The summed E-state index contributed by atoms with van der Waals surface area (Å²) < 4.78 is 39.5. The number of anilines is 1. The van der Waals surface area contributed by atoms with Gasteiger partial charge in [0.15, 0.2) is 17.5 Å². The average Bonchev–Trinajstić information content (AvgIpc) is 2.60. The van der Waals surface area contributed by atoms with E-state index < -0.39 is 17.5 Å². The van der Waals surface area contributed by atoms with Gasteiger partial charge in [-0.05, 0) is 0 Å². The average molecular weight is 213 g/mol. The number of aromatic nitrogens is 2. The normalized spacial score (nSPS) is 10.6. The summed E-state index contributed by atoms with van der Waals surface area (Å²) in [6.45, 7) is 0. The van der Waals surface area contributed by atoms with Gasteiger partial charge in [-0.3, -0.25) is 0 Å². The van der Waals surface area contributed by atoms with Gasteiger partial charge in [-0.2, -0.15) is 5.10 Å². The number of nitrogen functional groups attached to an aromatic ring is 1. The van der Waals surface area contributed by atoms with Crippen LogP contribution >= 0.6 is 0 Å². The van der Waals surface area contributed by atoms with Crippen LogP contribution in [0.1, 0.15) is 0 Å². The van der Waals surface area contributed by atoms with Gasteiger partial charge in [-0.15, -0.1) is 0 Å². The van der Waals surface area contributed by atoms with Gasteiger partial charge in [-0.1, -0.05) is 0 Å². The molecule has 6 heteroatoms. The van der Waals surface area contributed by atoms with Crippen molar-refractivity contribution in [2.75, 3.05) is 5.73 Å². The molecule has 2 rings (SSSR count). The Morgan fingerprint density at radius 1 is 1.13 bits per heavy atom. The molecule has 1 aromatic carbocycles. The Morgan fingerprint density at radius 2 is 1.73 bits per heavy atom. The smallest absolute Gasteiger partial charge is 0.194 e. The van der Waals surface area contributed by atoms with Crippen LogP contribution in [0.15, 0.2) is 24.5 Å². The quantitative estimate of drug-likeness (QED) is 0.735. The molecule has 15 heavy (non-hydrogen) atoms. The Hall–Kier alpha value is -1.98. The van der Waals surface area contributed by atoms with Crippen LogP contribution in [0.5, 0.6) is 0 Å². The Balaban J connectivity index is 2.55. The van der Waals surface area contributed by atoms with E-state index in [4.69, 9.17) is 5.73 Å². The van der Waals surface area contributed by atoms with Crippen molar-refractivity contribution in [3.63, 3.8) is 0 Å². The summed E-state index contributed by atoms with van der Waals surface area (Å²) >= 11 is 0. The molecule has 0 radical (unpaired) electrons. The summed E-state index contributed by atoms with van der Waals surface area (Å²) in [5.74, 6) is -4.03. The first kappa shape index (κ1) is 9.57. The largest absolute Gasteiger partial charge is 0.396 e. The van der Waals surface area contributed by atoms with Gasteiger partial charge in [0.1, 0.15) is 0 Å². The lowest BCUT2D eigenvalue weighted by molar-refractivity contribution is 0.446. The first-order valence-electron chi connectivity index (χ1n) is 4.03. The van der Waals surface area contributed by atoms with Crippen molar-refractivity contribution < 1.29 is 13.2 Å². The SMILES string of the molecule is Nc1cnn(-c2cc(F)c(F)c(F)c2)c1. The van der Waals surface area contributed by atoms with E-state index in [1.807, 2.05) is 0 Å². The zero-order valence-electron chi connectivity index (χ0n) is 7.42. The second kappa shape index (κ2) is 3.30. The van der Waals surface area contributed by atoms with Crippen LogP contribution in [0.3, 0.4) is 0 Å². The molecule has 0 atom stereocenters. The number of hydrogen-bond donors (Lipinski definition) is 1. The Morgan fingerprint density at radius 3 is 2.20 bits per heavy atom. The van der Waals surface area contributed by atoms with E-state index in [-0.39, 0.29) is 5.69 Å². The van der Waals surface area contributed by atoms with Crippen LogP contribution in [-0.2, 0) is 0 Å². The van der Waals surface area contributed by atoms with E-state index in [1.54, 1.807) is 0 Å². The van der Waals surface area contributed by atoms with E-state index in [1.165, 1.54) is 12.4 Å². The van der Waals surface area contributed by atoms with Gasteiger partial charge in [-0.25, -0.2) is 17.9 Å². The molecule has 0 aliphatic rings. The van der Waals surface area contributed by atoms with E-state index in [9.17, 15) is 13.2 Å². The monoisotopic (exact) mass is 213 g/mol. The minimum absolute atomic E-state index is 0.0723. The zero-order valence-corrected chi connectivity index (χ0v) is 7.42. The summed E-state index contributed by atoms with van der Waals surface area (Å²) in [5, 5.41) is 3.73. The van der Waals surface area contributed by atoms with Crippen LogP contribution in [0.4, 0.5) is 18.9 Å². The van der Waals surface area contributed by atoms with Gasteiger partial charge in [0.2, 0.25) is 0 Å². The molecule has 0 aliphatic carbocycles. The molecule has 0 amide bonds. The summed E-state index contributed by atoms with van der Waals surface area (Å²) in [4.78, 5) is 0. The van der Waals surface area contributed by atoms with E-state index in [0.717, 1.165) is 16.8 Å². The highest BCUT2D eigenvalue weighted by molar-refractivity contribution is 5.38. The second-order valence-corrected chi connectivity index (χ2v) is 2.94. The third-order valence-electron chi connectivity index (χ3n) is 1.84. The van der Waals surface area contributed by atoms with E-state index in [0.29, 0.717) is 5.69 Å².